The zero-order valence-corrected chi connectivity index (χ0v) is 16.8. The molecule has 4 heterocycles. The maximum absolute atomic E-state index is 13.1. The lowest BCUT2D eigenvalue weighted by atomic mass is 10.0. The third kappa shape index (κ3) is 3.51. The van der Waals surface area contributed by atoms with Crippen LogP contribution in [-0.4, -0.2) is 38.7 Å². The van der Waals surface area contributed by atoms with Gasteiger partial charge in [-0.25, -0.2) is 13.8 Å². The summed E-state index contributed by atoms with van der Waals surface area (Å²) >= 11 is 0. The summed E-state index contributed by atoms with van der Waals surface area (Å²) in [6.45, 7) is 5.75. The van der Waals surface area contributed by atoms with Crippen LogP contribution in [0, 0.1) is 6.92 Å². The molecule has 156 valence electrons. The van der Waals surface area contributed by atoms with E-state index in [1.807, 2.05) is 33.0 Å². The van der Waals surface area contributed by atoms with Crippen LogP contribution in [0.5, 0.6) is 5.75 Å². The van der Waals surface area contributed by atoms with Crippen LogP contribution in [0.1, 0.15) is 41.5 Å². The standard InChI is InChI=1S/C21H21F2N5O2/c1-4-27-6-5-18(26-27)28-13(3)20-19(21(28)29)12(2)7-16(25-20)14-8-15(10-24-9-14)30-11-17(22)23/h5-10,13,17H,4,11H2,1-3H3. The van der Waals surface area contributed by atoms with Crippen LogP contribution in [-0.2, 0) is 6.54 Å². The Hall–Kier alpha value is -3.36. The number of halogens is 2. The Morgan fingerprint density at radius 3 is 2.77 bits per heavy atom. The van der Waals surface area contributed by atoms with E-state index in [1.54, 1.807) is 27.9 Å². The second kappa shape index (κ2) is 7.81. The molecular formula is C21H21F2N5O2. The van der Waals surface area contributed by atoms with Crippen LogP contribution < -0.4 is 9.64 Å². The van der Waals surface area contributed by atoms with Gasteiger partial charge in [0.25, 0.3) is 12.3 Å². The highest BCUT2D eigenvalue weighted by Crippen LogP contribution is 2.38. The Morgan fingerprint density at radius 2 is 2.07 bits per heavy atom. The first-order chi connectivity index (χ1) is 14.4. The van der Waals surface area contributed by atoms with Gasteiger partial charge in [0.15, 0.2) is 5.82 Å². The summed E-state index contributed by atoms with van der Waals surface area (Å²) in [6, 6.07) is 4.93. The van der Waals surface area contributed by atoms with Gasteiger partial charge in [0.2, 0.25) is 0 Å². The minimum Gasteiger partial charge on any atom is -0.486 e. The third-order valence-corrected chi connectivity index (χ3v) is 5.04. The SMILES string of the molecule is CCn1ccc(N2C(=O)c3c(C)cc(-c4cncc(OCC(F)F)c4)nc3C2C)n1. The summed E-state index contributed by atoms with van der Waals surface area (Å²) in [7, 11) is 0. The molecule has 0 bridgehead atoms. The maximum atomic E-state index is 13.1. The zero-order valence-electron chi connectivity index (χ0n) is 16.8. The Morgan fingerprint density at radius 1 is 1.27 bits per heavy atom. The first-order valence-electron chi connectivity index (χ1n) is 9.64. The van der Waals surface area contributed by atoms with E-state index in [2.05, 4.69) is 10.1 Å². The fourth-order valence-corrected chi connectivity index (χ4v) is 3.60. The number of pyridine rings is 2. The number of alkyl halides is 2. The van der Waals surface area contributed by atoms with E-state index in [9.17, 15) is 13.6 Å². The Kier molecular flexibility index (Phi) is 5.19. The smallest absolute Gasteiger partial charge is 0.272 e. The number of nitrogens with zero attached hydrogens (tertiary/aromatic N) is 5. The number of aromatic nitrogens is 4. The van der Waals surface area contributed by atoms with Crippen molar-refractivity contribution in [2.75, 3.05) is 11.5 Å². The second-order valence-electron chi connectivity index (χ2n) is 7.08. The van der Waals surface area contributed by atoms with E-state index in [4.69, 9.17) is 9.72 Å². The first kappa shape index (κ1) is 19.9. The number of hydrogen-bond donors (Lipinski definition) is 0. The quantitative estimate of drug-likeness (QED) is 0.610. The number of hydrogen-bond acceptors (Lipinski definition) is 5. The van der Waals surface area contributed by atoms with Crippen molar-refractivity contribution in [2.45, 2.75) is 39.8 Å². The third-order valence-electron chi connectivity index (χ3n) is 5.04. The minimum atomic E-state index is -2.57. The summed E-state index contributed by atoms with van der Waals surface area (Å²) in [6.07, 6.45) is 2.24. The van der Waals surface area contributed by atoms with Gasteiger partial charge in [0, 0.05) is 30.6 Å². The minimum absolute atomic E-state index is 0.137. The largest absolute Gasteiger partial charge is 0.486 e. The number of ether oxygens (including phenoxy) is 1. The summed E-state index contributed by atoms with van der Waals surface area (Å²) < 4.78 is 31.7. The van der Waals surface area contributed by atoms with Gasteiger partial charge in [-0.05, 0) is 38.5 Å². The molecule has 0 spiro atoms. The summed E-state index contributed by atoms with van der Waals surface area (Å²) in [5.41, 5.74) is 3.22. The first-order valence-corrected chi connectivity index (χ1v) is 9.64. The van der Waals surface area contributed by atoms with Gasteiger partial charge in [0.1, 0.15) is 12.4 Å². The van der Waals surface area contributed by atoms with Gasteiger partial charge in [0.05, 0.1) is 29.2 Å². The molecule has 3 aromatic rings. The molecule has 30 heavy (non-hydrogen) atoms. The number of amides is 1. The Bertz CT molecular complexity index is 1100. The molecule has 0 saturated heterocycles. The monoisotopic (exact) mass is 413 g/mol. The highest BCUT2D eigenvalue weighted by molar-refractivity contribution is 6.11. The molecule has 3 aromatic heterocycles. The highest BCUT2D eigenvalue weighted by atomic mass is 19.3. The van der Waals surface area contributed by atoms with Crippen LogP contribution in [0.25, 0.3) is 11.3 Å². The second-order valence-corrected chi connectivity index (χ2v) is 7.08. The zero-order chi connectivity index (χ0) is 21.4. The Balaban J connectivity index is 1.69. The molecule has 1 unspecified atom stereocenters. The van der Waals surface area contributed by atoms with Crippen LogP contribution in [0.2, 0.25) is 0 Å². The summed E-state index contributed by atoms with van der Waals surface area (Å²) in [5.74, 6) is 0.684. The van der Waals surface area contributed by atoms with E-state index in [1.165, 1.54) is 6.20 Å². The fourth-order valence-electron chi connectivity index (χ4n) is 3.60. The maximum Gasteiger partial charge on any atom is 0.272 e. The predicted octanol–water partition coefficient (Wildman–Crippen LogP) is 4.03. The van der Waals surface area contributed by atoms with Crippen molar-refractivity contribution in [2.24, 2.45) is 0 Å². The predicted molar refractivity (Wildman–Crippen MR) is 107 cm³/mol. The van der Waals surface area contributed by atoms with Crippen LogP contribution >= 0.6 is 0 Å². The average Bonchev–Trinajstić information content (AvgIpc) is 3.29. The fraction of sp³-hybridized carbons (Fsp3) is 0.333. The molecule has 0 aromatic carbocycles. The lowest BCUT2D eigenvalue weighted by molar-refractivity contribution is 0.0817. The van der Waals surface area contributed by atoms with Gasteiger partial charge in [-0.1, -0.05) is 0 Å². The van der Waals surface area contributed by atoms with Gasteiger partial charge < -0.3 is 4.74 Å². The van der Waals surface area contributed by atoms with Crippen molar-refractivity contribution in [1.82, 2.24) is 19.7 Å². The van der Waals surface area contributed by atoms with Gasteiger partial charge in [-0.15, -0.1) is 0 Å². The molecule has 0 aliphatic carbocycles. The highest BCUT2D eigenvalue weighted by Gasteiger charge is 2.39. The summed E-state index contributed by atoms with van der Waals surface area (Å²) in [4.78, 5) is 23.5. The van der Waals surface area contributed by atoms with E-state index in [0.717, 1.165) is 5.56 Å². The van der Waals surface area contributed by atoms with Crippen molar-refractivity contribution in [3.63, 3.8) is 0 Å². The molecule has 1 aliphatic rings. The lowest BCUT2D eigenvalue weighted by Gasteiger charge is -2.18. The van der Waals surface area contributed by atoms with Gasteiger partial charge >= 0.3 is 0 Å². The number of carbonyl (C=O) groups excluding carboxylic acids is 1. The lowest BCUT2D eigenvalue weighted by Crippen LogP contribution is -2.27. The molecule has 9 heteroatoms. The van der Waals surface area contributed by atoms with Crippen molar-refractivity contribution >= 4 is 11.7 Å². The summed E-state index contributed by atoms with van der Waals surface area (Å²) in [5, 5.41) is 4.46. The Labute approximate surface area is 172 Å². The van der Waals surface area contributed by atoms with E-state index in [-0.39, 0.29) is 17.7 Å². The van der Waals surface area contributed by atoms with Crippen molar-refractivity contribution in [3.05, 3.63) is 53.6 Å². The number of carbonyl (C=O) groups is 1. The topological polar surface area (TPSA) is 73.1 Å². The molecule has 4 rings (SSSR count). The molecule has 0 radical (unpaired) electrons. The van der Waals surface area contributed by atoms with Gasteiger partial charge in [-0.2, -0.15) is 5.10 Å². The van der Waals surface area contributed by atoms with Gasteiger partial charge in [-0.3, -0.25) is 19.4 Å². The number of rotatable bonds is 6. The normalized spacial score (nSPS) is 15.7. The number of fused-ring (bicyclic) bond motifs is 1. The molecule has 0 N–H and O–H groups in total. The molecule has 0 saturated carbocycles. The molecule has 7 nitrogen and oxygen atoms in total. The van der Waals surface area contributed by atoms with Crippen LogP contribution in [0.15, 0.2) is 36.8 Å². The average molecular weight is 413 g/mol. The number of anilines is 1. The van der Waals surface area contributed by atoms with Crippen molar-refractivity contribution in [3.8, 4) is 17.0 Å². The number of aryl methyl sites for hydroxylation is 2. The van der Waals surface area contributed by atoms with E-state index in [0.29, 0.717) is 34.9 Å². The molecule has 1 amide bonds. The molecule has 1 atom stereocenters. The van der Waals surface area contributed by atoms with Crippen LogP contribution in [0.4, 0.5) is 14.6 Å². The molecular weight excluding hydrogens is 392 g/mol. The molecule has 1 aliphatic heterocycles. The van der Waals surface area contributed by atoms with Crippen molar-refractivity contribution in [1.29, 1.82) is 0 Å². The van der Waals surface area contributed by atoms with Crippen molar-refractivity contribution < 1.29 is 18.3 Å². The molecule has 0 fully saturated rings. The van der Waals surface area contributed by atoms with E-state index < -0.39 is 13.0 Å². The van der Waals surface area contributed by atoms with E-state index >= 15 is 0 Å². The van der Waals surface area contributed by atoms with Crippen LogP contribution in [0.3, 0.4) is 0 Å².